The van der Waals surface area contributed by atoms with Gasteiger partial charge in [0.1, 0.15) is 5.76 Å². The van der Waals surface area contributed by atoms with Crippen LogP contribution in [-0.4, -0.2) is 62.2 Å². The minimum atomic E-state index is 0.0213. The molecule has 2 rings (SSSR count). The van der Waals surface area contributed by atoms with Gasteiger partial charge in [0.15, 0.2) is 0 Å². The van der Waals surface area contributed by atoms with Crippen molar-refractivity contribution < 1.29 is 4.74 Å². The SMILES string of the molecule is CN1CCCN(C)C(C(N)C2=CCCO2)C1. The number of rotatable bonds is 2. The van der Waals surface area contributed by atoms with Crippen molar-refractivity contribution in [2.45, 2.75) is 24.9 Å². The highest BCUT2D eigenvalue weighted by Crippen LogP contribution is 2.19. The fraction of sp³-hybridized carbons (Fsp3) is 0.833. The van der Waals surface area contributed by atoms with E-state index in [1.807, 2.05) is 0 Å². The molecule has 2 N–H and O–H groups in total. The van der Waals surface area contributed by atoms with Gasteiger partial charge in [0.05, 0.1) is 12.6 Å². The van der Waals surface area contributed by atoms with Crippen LogP contribution in [0, 0.1) is 0 Å². The van der Waals surface area contributed by atoms with Gasteiger partial charge in [-0.2, -0.15) is 0 Å². The maximum absolute atomic E-state index is 6.31. The van der Waals surface area contributed by atoms with E-state index in [4.69, 9.17) is 10.5 Å². The molecule has 2 aliphatic rings. The van der Waals surface area contributed by atoms with Crippen molar-refractivity contribution in [3.63, 3.8) is 0 Å². The van der Waals surface area contributed by atoms with Crippen molar-refractivity contribution in [1.29, 1.82) is 0 Å². The molecule has 0 radical (unpaired) electrons. The molecule has 0 bridgehead atoms. The van der Waals surface area contributed by atoms with E-state index >= 15 is 0 Å². The zero-order valence-corrected chi connectivity index (χ0v) is 10.4. The summed E-state index contributed by atoms with van der Waals surface area (Å²) in [5.74, 6) is 0.993. The van der Waals surface area contributed by atoms with Crippen LogP contribution < -0.4 is 5.73 Å². The summed E-state index contributed by atoms with van der Waals surface area (Å²) in [5, 5.41) is 0. The first-order chi connectivity index (χ1) is 7.68. The number of ether oxygens (including phenoxy) is 1. The molecule has 2 atom stereocenters. The zero-order valence-electron chi connectivity index (χ0n) is 10.4. The molecule has 2 heterocycles. The molecule has 16 heavy (non-hydrogen) atoms. The van der Waals surface area contributed by atoms with Gasteiger partial charge in [0.25, 0.3) is 0 Å². The average Bonchev–Trinajstić information content (AvgIpc) is 2.72. The van der Waals surface area contributed by atoms with Gasteiger partial charge in [-0.15, -0.1) is 0 Å². The van der Waals surface area contributed by atoms with Crippen LogP contribution in [0.15, 0.2) is 11.8 Å². The standard InChI is InChI=1S/C12H23N3O/c1-14-6-4-7-15(2)10(9-14)12(13)11-5-3-8-16-11/h5,10,12H,3-4,6-9,13H2,1-2H3. The molecule has 1 fully saturated rings. The van der Waals surface area contributed by atoms with E-state index in [1.54, 1.807) is 0 Å². The Hall–Kier alpha value is -0.580. The fourth-order valence-corrected chi connectivity index (χ4v) is 2.55. The third kappa shape index (κ3) is 2.56. The van der Waals surface area contributed by atoms with Crippen LogP contribution in [0.25, 0.3) is 0 Å². The Balaban J connectivity index is 2.04. The molecule has 0 saturated carbocycles. The average molecular weight is 225 g/mol. The van der Waals surface area contributed by atoms with Crippen molar-refractivity contribution in [3.8, 4) is 0 Å². The first kappa shape index (κ1) is 11.9. The lowest BCUT2D eigenvalue weighted by atomic mass is 10.1. The van der Waals surface area contributed by atoms with Crippen LogP contribution in [-0.2, 0) is 4.74 Å². The van der Waals surface area contributed by atoms with E-state index < -0.39 is 0 Å². The van der Waals surface area contributed by atoms with Crippen LogP contribution in [0.2, 0.25) is 0 Å². The maximum atomic E-state index is 6.31. The molecule has 2 unspecified atom stereocenters. The Morgan fingerprint density at radius 1 is 1.44 bits per heavy atom. The second-order valence-electron chi connectivity index (χ2n) is 4.93. The summed E-state index contributed by atoms with van der Waals surface area (Å²) in [6, 6.07) is 0.393. The minimum Gasteiger partial charge on any atom is -0.496 e. The largest absolute Gasteiger partial charge is 0.496 e. The fourth-order valence-electron chi connectivity index (χ4n) is 2.55. The molecular formula is C12H23N3O. The highest BCUT2D eigenvalue weighted by molar-refractivity contribution is 5.10. The molecular weight excluding hydrogens is 202 g/mol. The van der Waals surface area contributed by atoms with Gasteiger partial charge < -0.3 is 20.3 Å². The minimum absolute atomic E-state index is 0.0213. The van der Waals surface area contributed by atoms with Gasteiger partial charge >= 0.3 is 0 Å². The highest BCUT2D eigenvalue weighted by Gasteiger charge is 2.30. The predicted octanol–water partition coefficient (Wildman–Crippen LogP) is 0.254. The number of nitrogens with zero attached hydrogens (tertiary/aromatic N) is 2. The molecule has 4 heteroatoms. The van der Waals surface area contributed by atoms with Gasteiger partial charge in [0.2, 0.25) is 0 Å². The van der Waals surface area contributed by atoms with Crippen molar-refractivity contribution in [3.05, 3.63) is 11.8 Å². The molecule has 4 nitrogen and oxygen atoms in total. The monoisotopic (exact) mass is 225 g/mol. The smallest absolute Gasteiger partial charge is 0.110 e. The van der Waals surface area contributed by atoms with E-state index in [0.29, 0.717) is 6.04 Å². The molecule has 0 aromatic carbocycles. The maximum Gasteiger partial charge on any atom is 0.110 e. The van der Waals surface area contributed by atoms with Crippen molar-refractivity contribution in [2.75, 3.05) is 40.3 Å². The van der Waals surface area contributed by atoms with E-state index in [-0.39, 0.29) is 6.04 Å². The summed E-state index contributed by atoms with van der Waals surface area (Å²) in [5.41, 5.74) is 6.31. The molecule has 0 aromatic rings. The Labute approximate surface area is 98.0 Å². The lowest BCUT2D eigenvalue weighted by molar-refractivity contribution is 0.157. The number of hydrogen-bond donors (Lipinski definition) is 1. The van der Waals surface area contributed by atoms with Crippen LogP contribution >= 0.6 is 0 Å². The van der Waals surface area contributed by atoms with E-state index in [2.05, 4.69) is 30.0 Å². The quantitative estimate of drug-likeness (QED) is 0.732. The lowest BCUT2D eigenvalue weighted by Gasteiger charge is -2.32. The lowest BCUT2D eigenvalue weighted by Crippen LogP contribution is -2.51. The van der Waals surface area contributed by atoms with Gasteiger partial charge in [-0.1, -0.05) is 0 Å². The van der Waals surface area contributed by atoms with E-state index in [9.17, 15) is 0 Å². The van der Waals surface area contributed by atoms with Crippen molar-refractivity contribution >= 4 is 0 Å². The first-order valence-electron chi connectivity index (χ1n) is 6.15. The Morgan fingerprint density at radius 3 is 2.94 bits per heavy atom. The van der Waals surface area contributed by atoms with Crippen LogP contribution in [0.5, 0.6) is 0 Å². The van der Waals surface area contributed by atoms with Gasteiger partial charge in [-0.3, -0.25) is 0 Å². The second kappa shape index (κ2) is 5.17. The van der Waals surface area contributed by atoms with Gasteiger partial charge in [0, 0.05) is 19.0 Å². The summed E-state index contributed by atoms with van der Waals surface area (Å²) < 4.78 is 5.58. The molecule has 2 aliphatic heterocycles. The highest BCUT2D eigenvalue weighted by atomic mass is 16.5. The number of hydrogen-bond acceptors (Lipinski definition) is 4. The predicted molar refractivity (Wildman–Crippen MR) is 65.2 cm³/mol. The van der Waals surface area contributed by atoms with Crippen molar-refractivity contribution in [2.24, 2.45) is 5.73 Å². The molecule has 92 valence electrons. The number of likely N-dealkylation sites (N-methyl/N-ethyl adjacent to an activating group) is 2. The molecule has 0 spiro atoms. The molecule has 0 amide bonds. The third-order valence-corrected chi connectivity index (χ3v) is 3.59. The number of nitrogens with two attached hydrogens (primary N) is 1. The Kier molecular flexibility index (Phi) is 3.84. The summed E-state index contributed by atoms with van der Waals surface area (Å²) in [6.07, 6.45) is 4.37. The second-order valence-corrected chi connectivity index (χ2v) is 4.93. The van der Waals surface area contributed by atoms with Gasteiger partial charge in [-0.25, -0.2) is 0 Å². The Morgan fingerprint density at radius 2 is 2.25 bits per heavy atom. The van der Waals surface area contributed by atoms with Crippen LogP contribution in [0.4, 0.5) is 0 Å². The molecule has 0 aromatic heterocycles. The van der Waals surface area contributed by atoms with Crippen LogP contribution in [0.1, 0.15) is 12.8 Å². The first-order valence-corrected chi connectivity index (χ1v) is 6.15. The summed E-state index contributed by atoms with van der Waals surface area (Å²) >= 11 is 0. The third-order valence-electron chi connectivity index (χ3n) is 3.59. The van der Waals surface area contributed by atoms with Crippen LogP contribution in [0.3, 0.4) is 0 Å². The molecule has 1 saturated heterocycles. The van der Waals surface area contributed by atoms with Crippen molar-refractivity contribution in [1.82, 2.24) is 9.80 Å². The van der Waals surface area contributed by atoms with E-state index in [1.165, 1.54) is 6.42 Å². The summed E-state index contributed by atoms with van der Waals surface area (Å²) in [7, 11) is 4.34. The zero-order chi connectivity index (χ0) is 11.5. The summed E-state index contributed by atoms with van der Waals surface area (Å²) in [4.78, 5) is 4.74. The Bertz CT molecular complexity index is 267. The topological polar surface area (TPSA) is 41.7 Å². The molecule has 0 aliphatic carbocycles. The normalized spacial score (nSPS) is 30.7. The summed E-state index contributed by atoms with van der Waals surface area (Å²) in [6.45, 7) is 4.11. The van der Waals surface area contributed by atoms with Gasteiger partial charge in [-0.05, 0) is 39.7 Å². The van der Waals surface area contributed by atoms with E-state index in [0.717, 1.165) is 38.4 Å².